The summed E-state index contributed by atoms with van der Waals surface area (Å²) >= 11 is 6.11. The van der Waals surface area contributed by atoms with Crippen molar-refractivity contribution in [3.8, 4) is 22.3 Å². The molecular weight excluding hydrogens is 676 g/mol. The smallest absolute Gasteiger partial charge is 0.242 e. The van der Waals surface area contributed by atoms with Gasteiger partial charge in [-0.1, -0.05) is 35.9 Å². The summed E-state index contributed by atoms with van der Waals surface area (Å²) in [6.45, 7) is 13.2. The number of aryl methyl sites for hydroxylation is 3. The van der Waals surface area contributed by atoms with Gasteiger partial charge in [0.1, 0.15) is 28.4 Å². The molecule has 2 aliphatic rings. The summed E-state index contributed by atoms with van der Waals surface area (Å²) in [5.41, 5.74) is 6.74. The van der Waals surface area contributed by atoms with E-state index in [-0.39, 0.29) is 11.8 Å². The van der Waals surface area contributed by atoms with Crippen molar-refractivity contribution in [1.82, 2.24) is 40.1 Å². The minimum Gasteiger partial charge on any atom is -0.278 e. The van der Waals surface area contributed by atoms with Crippen LogP contribution in [0.4, 0.5) is 22.9 Å². The lowest BCUT2D eigenvalue weighted by molar-refractivity contribution is -0.122. The molecule has 4 aromatic heterocycles. The van der Waals surface area contributed by atoms with E-state index in [1.165, 1.54) is 0 Å². The lowest BCUT2D eigenvalue weighted by Gasteiger charge is -2.20. The van der Waals surface area contributed by atoms with Crippen molar-refractivity contribution >= 4 is 46.3 Å². The van der Waals surface area contributed by atoms with E-state index in [4.69, 9.17) is 11.6 Å². The first-order chi connectivity index (χ1) is 24.8. The number of benzene rings is 2. The molecule has 0 aliphatic carbocycles. The quantitative estimate of drug-likeness (QED) is 0.170. The number of hydrogen-bond donors (Lipinski definition) is 0. The predicted molar refractivity (Wildman–Crippen MR) is 199 cm³/mol. The van der Waals surface area contributed by atoms with Crippen molar-refractivity contribution in [3.05, 3.63) is 119 Å². The molecule has 0 saturated carbocycles. The third-order valence-corrected chi connectivity index (χ3v) is 9.57. The van der Waals surface area contributed by atoms with E-state index in [2.05, 4.69) is 40.1 Å². The standard InChI is InChI=1S/C20H18ClN5O.C19H17N5O/c1-11-22-9-14(10-23-11)13-5-6-15-16(7-13)26(19(27)20(15,3)4)18-8-17(21)24-12(2)25-18;1-12-20-9-14(10-21-12)13-4-5-16-17(8-13)24(18(25)19(16,2)3)15-6-7-22-23-11-15/h5-10H,1-4H3;4-11H,1-3H3. The first-order valence-electron chi connectivity index (χ1n) is 16.6. The van der Waals surface area contributed by atoms with E-state index in [9.17, 15) is 9.59 Å². The summed E-state index contributed by atoms with van der Waals surface area (Å²) in [4.78, 5) is 55.1. The molecular formula is C39H35ClN10O2. The zero-order chi connectivity index (χ0) is 36.9. The maximum absolute atomic E-state index is 13.2. The Bertz CT molecular complexity index is 2330. The fraction of sp³-hybridized carbons (Fsp3) is 0.231. The Labute approximate surface area is 306 Å². The van der Waals surface area contributed by atoms with E-state index in [0.29, 0.717) is 28.3 Å². The number of aromatic nitrogens is 8. The molecule has 52 heavy (non-hydrogen) atoms. The maximum Gasteiger partial charge on any atom is 0.242 e. The van der Waals surface area contributed by atoms with E-state index >= 15 is 0 Å². The minimum absolute atomic E-state index is 0.0211. The van der Waals surface area contributed by atoms with Crippen molar-refractivity contribution in [2.75, 3.05) is 9.80 Å². The van der Waals surface area contributed by atoms with Crippen LogP contribution in [0.1, 0.15) is 56.3 Å². The van der Waals surface area contributed by atoms with Crippen LogP contribution in [0.3, 0.4) is 0 Å². The summed E-state index contributed by atoms with van der Waals surface area (Å²) in [7, 11) is 0. The average Bonchev–Trinajstić information content (AvgIpc) is 3.45. The van der Waals surface area contributed by atoms with Crippen LogP contribution in [0.2, 0.25) is 5.15 Å². The molecule has 0 saturated heterocycles. The maximum atomic E-state index is 13.2. The van der Waals surface area contributed by atoms with E-state index in [0.717, 1.165) is 50.6 Å². The van der Waals surface area contributed by atoms with Crippen LogP contribution in [0, 0.1) is 20.8 Å². The third kappa shape index (κ3) is 6.04. The van der Waals surface area contributed by atoms with Gasteiger partial charge < -0.3 is 0 Å². The SMILES string of the molecule is Cc1ncc(-c2ccc3c(c2)N(c2cc(Cl)nc(C)n2)C(=O)C3(C)C)cn1.Cc1ncc(-c2ccc3c(c2)N(c2ccnnc2)C(=O)C3(C)C)cn1. The number of rotatable bonds is 4. The molecule has 6 heterocycles. The summed E-state index contributed by atoms with van der Waals surface area (Å²) in [5.74, 6) is 2.40. The normalized spacial score (nSPS) is 15.2. The Morgan fingerprint density at radius 2 is 1.06 bits per heavy atom. The van der Waals surface area contributed by atoms with Gasteiger partial charge in [-0.2, -0.15) is 10.2 Å². The largest absolute Gasteiger partial charge is 0.278 e. The summed E-state index contributed by atoms with van der Waals surface area (Å²) in [5, 5.41) is 8.02. The second-order valence-corrected chi connectivity index (χ2v) is 14.1. The molecule has 260 valence electrons. The van der Waals surface area contributed by atoms with Gasteiger partial charge in [0.15, 0.2) is 0 Å². The lowest BCUT2D eigenvalue weighted by Crippen LogP contribution is -2.33. The van der Waals surface area contributed by atoms with Gasteiger partial charge in [-0.15, -0.1) is 0 Å². The van der Waals surface area contributed by atoms with Gasteiger partial charge in [0.05, 0.1) is 40.3 Å². The first-order valence-corrected chi connectivity index (χ1v) is 17.0. The number of hydrogen-bond acceptors (Lipinski definition) is 10. The number of anilines is 4. The monoisotopic (exact) mass is 710 g/mol. The van der Waals surface area contributed by atoms with Crippen molar-refractivity contribution in [2.24, 2.45) is 0 Å². The average molecular weight is 711 g/mol. The molecule has 0 bridgehead atoms. The number of carbonyl (C=O) groups excluding carboxylic acids is 2. The number of nitrogens with zero attached hydrogens (tertiary/aromatic N) is 10. The van der Waals surface area contributed by atoms with E-state index < -0.39 is 10.8 Å². The predicted octanol–water partition coefficient (Wildman–Crippen LogP) is 7.36. The molecule has 0 atom stereocenters. The molecule has 2 aromatic carbocycles. The Morgan fingerprint density at radius 1 is 0.558 bits per heavy atom. The number of fused-ring (bicyclic) bond motifs is 2. The van der Waals surface area contributed by atoms with Gasteiger partial charge >= 0.3 is 0 Å². The van der Waals surface area contributed by atoms with Crippen LogP contribution in [-0.4, -0.2) is 51.9 Å². The first kappa shape index (κ1) is 34.4. The van der Waals surface area contributed by atoms with E-state index in [1.54, 1.807) is 66.0 Å². The van der Waals surface area contributed by atoms with Crippen molar-refractivity contribution in [1.29, 1.82) is 0 Å². The summed E-state index contributed by atoms with van der Waals surface area (Å²) in [6, 6.07) is 15.4. The van der Waals surface area contributed by atoms with Crippen LogP contribution in [-0.2, 0) is 20.4 Å². The zero-order valence-corrected chi connectivity index (χ0v) is 30.5. The highest BCUT2D eigenvalue weighted by atomic mass is 35.5. The molecule has 6 aromatic rings. The zero-order valence-electron chi connectivity index (χ0n) is 29.7. The number of carbonyl (C=O) groups is 2. The molecule has 0 unspecified atom stereocenters. The van der Waals surface area contributed by atoms with Crippen LogP contribution in [0.15, 0.2) is 85.7 Å². The highest BCUT2D eigenvalue weighted by molar-refractivity contribution is 6.29. The molecule has 0 radical (unpaired) electrons. The molecule has 13 heteroatoms. The van der Waals surface area contributed by atoms with Crippen LogP contribution in [0.5, 0.6) is 0 Å². The molecule has 0 spiro atoms. The van der Waals surface area contributed by atoms with Crippen LogP contribution < -0.4 is 9.80 Å². The number of amides is 2. The molecule has 12 nitrogen and oxygen atoms in total. The van der Waals surface area contributed by atoms with Crippen molar-refractivity contribution < 1.29 is 9.59 Å². The fourth-order valence-electron chi connectivity index (χ4n) is 6.47. The van der Waals surface area contributed by atoms with Crippen molar-refractivity contribution in [3.63, 3.8) is 0 Å². The third-order valence-electron chi connectivity index (χ3n) is 9.38. The molecule has 0 N–H and O–H groups in total. The topological polar surface area (TPSA) is 144 Å². The van der Waals surface area contributed by atoms with Gasteiger partial charge in [-0.3, -0.25) is 19.4 Å². The summed E-state index contributed by atoms with van der Waals surface area (Å²) < 4.78 is 0. The van der Waals surface area contributed by atoms with Gasteiger partial charge in [-0.25, -0.2) is 29.9 Å². The fourth-order valence-corrected chi connectivity index (χ4v) is 6.69. The van der Waals surface area contributed by atoms with Gasteiger partial charge in [-0.05, 0) is 88.9 Å². The number of halogens is 1. The second-order valence-electron chi connectivity index (χ2n) is 13.7. The molecule has 2 aliphatic heterocycles. The molecule has 0 fully saturated rings. The Hall–Kier alpha value is -6.01. The lowest BCUT2D eigenvalue weighted by atomic mass is 9.85. The Morgan fingerprint density at radius 3 is 1.54 bits per heavy atom. The Balaban J connectivity index is 0.000000162. The van der Waals surface area contributed by atoms with Crippen molar-refractivity contribution in [2.45, 2.75) is 59.3 Å². The molecule has 8 rings (SSSR count). The van der Waals surface area contributed by atoms with Gasteiger partial charge in [0.2, 0.25) is 11.8 Å². The molecule has 2 amide bonds. The highest BCUT2D eigenvalue weighted by Gasteiger charge is 2.46. The van der Waals surface area contributed by atoms with E-state index in [1.807, 2.05) is 77.9 Å². The van der Waals surface area contributed by atoms with Crippen LogP contribution >= 0.6 is 11.6 Å². The van der Waals surface area contributed by atoms with Crippen LogP contribution in [0.25, 0.3) is 22.3 Å². The second kappa shape index (κ2) is 13.0. The van der Waals surface area contributed by atoms with Gasteiger partial charge in [0, 0.05) is 42.0 Å². The van der Waals surface area contributed by atoms with Gasteiger partial charge in [0.25, 0.3) is 0 Å². The Kier molecular flexibility index (Phi) is 8.58. The highest BCUT2D eigenvalue weighted by Crippen LogP contribution is 2.48. The summed E-state index contributed by atoms with van der Waals surface area (Å²) in [6.07, 6.45) is 10.3. The minimum atomic E-state index is -0.664.